The van der Waals surface area contributed by atoms with Gasteiger partial charge < -0.3 is 15.3 Å². The first-order chi connectivity index (χ1) is 15.7. The fourth-order valence-electron chi connectivity index (χ4n) is 4.50. The molecular weight excluding hydrogens is 421 g/mol. The van der Waals surface area contributed by atoms with Crippen LogP contribution in [0.25, 0.3) is 5.57 Å². The van der Waals surface area contributed by atoms with Gasteiger partial charge in [-0.05, 0) is 46.9 Å². The molecule has 4 unspecified atom stereocenters. The van der Waals surface area contributed by atoms with Crippen molar-refractivity contribution >= 4 is 11.5 Å². The summed E-state index contributed by atoms with van der Waals surface area (Å²) in [5.74, 6) is -4.76. The first kappa shape index (κ1) is 24.3. The van der Waals surface area contributed by atoms with Crippen molar-refractivity contribution in [1.29, 1.82) is 0 Å². The van der Waals surface area contributed by atoms with E-state index < -0.39 is 35.3 Å². The molecule has 0 fully saturated rings. The first-order valence-electron chi connectivity index (χ1n) is 10.7. The SMILES string of the molecule is C=C(c1ccccc1)C(O)C(C(C)C)C(O)(c1ccccn1)C(C(=O)O)c1ccc(F)cc1. The van der Waals surface area contributed by atoms with Gasteiger partial charge in [0.2, 0.25) is 0 Å². The van der Waals surface area contributed by atoms with Gasteiger partial charge >= 0.3 is 5.97 Å². The molecule has 5 nitrogen and oxygen atoms in total. The van der Waals surface area contributed by atoms with E-state index in [1.807, 2.05) is 6.07 Å². The average Bonchev–Trinajstić information content (AvgIpc) is 2.80. The Labute approximate surface area is 192 Å². The van der Waals surface area contributed by atoms with E-state index in [0.29, 0.717) is 11.1 Å². The van der Waals surface area contributed by atoms with Crippen LogP contribution in [0.15, 0.2) is 85.6 Å². The van der Waals surface area contributed by atoms with Gasteiger partial charge in [0.05, 0.1) is 11.8 Å². The van der Waals surface area contributed by atoms with Crippen LogP contribution in [0.3, 0.4) is 0 Å². The molecule has 0 radical (unpaired) electrons. The third-order valence-electron chi connectivity index (χ3n) is 6.03. The topological polar surface area (TPSA) is 90.7 Å². The highest BCUT2D eigenvalue weighted by Gasteiger charge is 2.54. The molecule has 3 N–H and O–H groups in total. The maximum absolute atomic E-state index is 13.6. The van der Waals surface area contributed by atoms with Crippen molar-refractivity contribution in [3.63, 3.8) is 0 Å². The molecule has 0 amide bonds. The minimum Gasteiger partial charge on any atom is -0.481 e. The Bertz CT molecular complexity index is 1090. The molecule has 4 atom stereocenters. The number of hydrogen-bond acceptors (Lipinski definition) is 4. The summed E-state index contributed by atoms with van der Waals surface area (Å²) in [6.07, 6.45) is 0.168. The van der Waals surface area contributed by atoms with Crippen molar-refractivity contribution in [2.45, 2.75) is 31.5 Å². The number of benzene rings is 2. The van der Waals surface area contributed by atoms with Gasteiger partial charge in [0.1, 0.15) is 17.3 Å². The molecule has 3 aromatic rings. The molecule has 1 heterocycles. The van der Waals surface area contributed by atoms with Crippen LogP contribution in [0.5, 0.6) is 0 Å². The number of aliphatic hydroxyl groups excluding tert-OH is 1. The standard InChI is InChI=1S/C27H28FNO4/c1-17(2)23(25(30)18(3)19-9-5-4-6-10-19)27(33,22-11-7-8-16-29-22)24(26(31)32)20-12-14-21(28)15-13-20/h4-17,23-25,30,33H,3H2,1-2H3,(H,31,32). The smallest absolute Gasteiger partial charge is 0.314 e. The highest BCUT2D eigenvalue weighted by atomic mass is 19.1. The minimum atomic E-state index is -2.14. The summed E-state index contributed by atoms with van der Waals surface area (Å²) >= 11 is 0. The van der Waals surface area contributed by atoms with Gasteiger partial charge in [-0.3, -0.25) is 9.78 Å². The van der Waals surface area contributed by atoms with Crippen molar-refractivity contribution in [2.75, 3.05) is 0 Å². The number of aliphatic carboxylic acids is 1. The van der Waals surface area contributed by atoms with Crippen molar-refractivity contribution in [2.24, 2.45) is 11.8 Å². The molecule has 0 aliphatic carbocycles. The summed E-state index contributed by atoms with van der Waals surface area (Å²) in [6, 6.07) is 18.8. The lowest BCUT2D eigenvalue weighted by molar-refractivity contribution is -0.157. The summed E-state index contributed by atoms with van der Waals surface area (Å²) < 4.78 is 13.6. The van der Waals surface area contributed by atoms with E-state index in [0.717, 1.165) is 12.1 Å². The van der Waals surface area contributed by atoms with E-state index in [1.165, 1.54) is 24.4 Å². The Morgan fingerprint density at radius 1 is 1.00 bits per heavy atom. The Kier molecular flexibility index (Phi) is 7.41. The lowest BCUT2D eigenvalue weighted by Crippen LogP contribution is -2.51. The average molecular weight is 450 g/mol. The molecule has 6 heteroatoms. The number of hydrogen-bond donors (Lipinski definition) is 3. The molecular formula is C27H28FNO4. The van der Waals surface area contributed by atoms with Gasteiger partial charge in [-0.25, -0.2) is 4.39 Å². The third-order valence-corrected chi connectivity index (χ3v) is 6.03. The monoisotopic (exact) mass is 449 g/mol. The molecule has 0 bridgehead atoms. The van der Waals surface area contributed by atoms with Gasteiger partial charge in [-0.2, -0.15) is 0 Å². The number of pyridine rings is 1. The van der Waals surface area contributed by atoms with Crippen LogP contribution < -0.4 is 0 Å². The highest BCUT2D eigenvalue weighted by Crippen LogP contribution is 2.48. The van der Waals surface area contributed by atoms with Crippen molar-refractivity contribution < 1.29 is 24.5 Å². The maximum atomic E-state index is 13.6. The molecule has 0 saturated heterocycles. The van der Waals surface area contributed by atoms with Crippen LogP contribution in [0.2, 0.25) is 0 Å². The second-order valence-electron chi connectivity index (χ2n) is 8.47. The van der Waals surface area contributed by atoms with Crippen molar-refractivity contribution in [3.8, 4) is 0 Å². The van der Waals surface area contributed by atoms with Crippen LogP contribution in [-0.4, -0.2) is 32.4 Å². The van der Waals surface area contributed by atoms with Gasteiger partial charge in [-0.15, -0.1) is 0 Å². The van der Waals surface area contributed by atoms with E-state index in [4.69, 9.17) is 0 Å². The lowest BCUT2D eigenvalue weighted by atomic mass is 9.64. The zero-order valence-corrected chi connectivity index (χ0v) is 18.6. The fourth-order valence-corrected chi connectivity index (χ4v) is 4.50. The number of halogens is 1. The second-order valence-corrected chi connectivity index (χ2v) is 8.47. The molecule has 0 spiro atoms. The Morgan fingerprint density at radius 2 is 1.61 bits per heavy atom. The van der Waals surface area contributed by atoms with Crippen LogP contribution in [-0.2, 0) is 10.4 Å². The molecule has 0 aliphatic heterocycles. The molecule has 2 aromatic carbocycles. The summed E-state index contributed by atoms with van der Waals surface area (Å²) in [7, 11) is 0. The predicted octanol–water partition coefficient (Wildman–Crippen LogP) is 4.62. The number of carboxylic acid groups (broad SMARTS) is 1. The van der Waals surface area contributed by atoms with Gasteiger partial charge in [0.15, 0.2) is 0 Å². The summed E-state index contributed by atoms with van der Waals surface area (Å²) in [4.78, 5) is 16.9. The van der Waals surface area contributed by atoms with Gasteiger partial charge in [0, 0.05) is 12.1 Å². The third kappa shape index (κ3) is 4.87. The molecule has 0 saturated carbocycles. The maximum Gasteiger partial charge on any atom is 0.314 e. The number of aromatic nitrogens is 1. The van der Waals surface area contributed by atoms with Gasteiger partial charge in [0.25, 0.3) is 0 Å². The number of nitrogens with zero attached hydrogens (tertiary/aromatic N) is 1. The largest absolute Gasteiger partial charge is 0.481 e. The predicted molar refractivity (Wildman–Crippen MR) is 125 cm³/mol. The Balaban J connectivity index is 2.23. The quantitative estimate of drug-likeness (QED) is 0.443. The highest BCUT2D eigenvalue weighted by molar-refractivity contribution is 5.78. The van der Waals surface area contributed by atoms with Crippen LogP contribution >= 0.6 is 0 Å². The van der Waals surface area contributed by atoms with Crippen LogP contribution in [0.4, 0.5) is 4.39 Å². The molecule has 0 aliphatic rings. The summed E-state index contributed by atoms with van der Waals surface area (Å²) in [5, 5.41) is 34.0. The van der Waals surface area contributed by atoms with E-state index in [2.05, 4.69) is 11.6 Å². The van der Waals surface area contributed by atoms with E-state index in [9.17, 15) is 24.5 Å². The van der Waals surface area contributed by atoms with Crippen LogP contribution in [0.1, 0.15) is 36.6 Å². The van der Waals surface area contributed by atoms with Gasteiger partial charge in [-0.1, -0.05) is 69.0 Å². The minimum absolute atomic E-state index is 0.0975. The molecule has 3 rings (SSSR count). The van der Waals surface area contributed by atoms with E-state index >= 15 is 0 Å². The number of aliphatic hydroxyl groups is 2. The summed E-state index contributed by atoms with van der Waals surface area (Å²) in [5.41, 5.74) is -0.823. The van der Waals surface area contributed by atoms with Crippen LogP contribution in [0, 0.1) is 17.7 Å². The molecule has 172 valence electrons. The second kappa shape index (κ2) is 10.1. The molecule has 1 aromatic heterocycles. The lowest BCUT2D eigenvalue weighted by Gasteiger charge is -2.44. The fraction of sp³-hybridized carbons (Fsp3) is 0.259. The number of carbonyl (C=O) groups is 1. The van der Waals surface area contributed by atoms with Crippen molar-refractivity contribution in [3.05, 3.63) is 108 Å². The first-order valence-corrected chi connectivity index (χ1v) is 10.7. The Morgan fingerprint density at radius 3 is 2.12 bits per heavy atom. The van der Waals surface area contributed by atoms with E-state index in [-0.39, 0.29) is 17.2 Å². The zero-order chi connectivity index (χ0) is 24.2. The Hall–Kier alpha value is -3.35. The number of carboxylic acids is 1. The normalized spacial score (nSPS) is 15.9. The molecule has 33 heavy (non-hydrogen) atoms. The van der Waals surface area contributed by atoms with Crippen molar-refractivity contribution in [1.82, 2.24) is 4.98 Å². The summed E-state index contributed by atoms with van der Waals surface area (Å²) in [6.45, 7) is 7.64. The number of rotatable bonds is 9. The zero-order valence-electron chi connectivity index (χ0n) is 18.6. The van der Waals surface area contributed by atoms with E-state index in [1.54, 1.807) is 50.2 Å².